The summed E-state index contributed by atoms with van der Waals surface area (Å²) in [6.45, 7) is 0. The Bertz CT molecular complexity index is 403. The van der Waals surface area contributed by atoms with Crippen LogP contribution >= 0.6 is 11.8 Å². The molecule has 2 N–H and O–H groups in total. The minimum absolute atomic E-state index is 0.641. The zero-order chi connectivity index (χ0) is 11.4. The van der Waals surface area contributed by atoms with E-state index in [9.17, 15) is 0 Å². The lowest BCUT2D eigenvalue weighted by Crippen LogP contribution is -1.98. The lowest BCUT2D eigenvalue weighted by Gasteiger charge is -2.09. The van der Waals surface area contributed by atoms with Crippen LogP contribution in [0.15, 0.2) is 23.1 Å². The monoisotopic (exact) mass is 232 g/mol. The van der Waals surface area contributed by atoms with E-state index in [4.69, 9.17) is 11.0 Å². The van der Waals surface area contributed by atoms with Crippen molar-refractivity contribution in [2.45, 2.75) is 30.6 Å². The van der Waals surface area contributed by atoms with Crippen LogP contribution in [0.3, 0.4) is 0 Å². The van der Waals surface area contributed by atoms with Gasteiger partial charge in [0.25, 0.3) is 0 Å². The number of nitrogens with two attached hydrogens (primary N) is 1. The topological polar surface area (TPSA) is 49.8 Å². The van der Waals surface area contributed by atoms with E-state index in [1.54, 1.807) is 6.07 Å². The van der Waals surface area contributed by atoms with Gasteiger partial charge in [0.05, 0.1) is 11.6 Å². The number of hydrogen-bond acceptors (Lipinski definition) is 3. The number of thioether (sulfide) groups is 1. The van der Waals surface area contributed by atoms with E-state index in [1.807, 2.05) is 23.9 Å². The van der Waals surface area contributed by atoms with E-state index >= 15 is 0 Å². The molecule has 3 heteroatoms. The van der Waals surface area contributed by atoms with Gasteiger partial charge in [-0.05, 0) is 37.0 Å². The second-order valence-corrected chi connectivity index (χ2v) is 5.39. The molecule has 0 aliphatic heterocycles. The van der Waals surface area contributed by atoms with Gasteiger partial charge in [-0.3, -0.25) is 0 Å². The molecule has 1 aliphatic rings. The standard InChI is InChI=1S/C13H16N2S/c14-8-11-5-6-13(12(15)7-11)16-9-10-3-1-2-4-10/h5-7,10H,1-4,9,15H2. The molecular formula is C13H16N2S. The second-order valence-electron chi connectivity index (χ2n) is 4.33. The fraction of sp³-hybridized carbons (Fsp3) is 0.462. The zero-order valence-corrected chi connectivity index (χ0v) is 10.1. The predicted octanol–water partition coefficient (Wildman–Crippen LogP) is 3.42. The van der Waals surface area contributed by atoms with Crippen LogP contribution in [0.1, 0.15) is 31.2 Å². The number of nitrogens with zero attached hydrogens (tertiary/aromatic N) is 1. The number of anilines is 1. The molecular weight excluding hydrogens is 216 g/mol. The van der Waals surface area contributed by atoms with Crippen molar-refractivity contribution in [2.75, 3.05) is 11.5 Å². The summed E-state index contributed by atoms with van der Waals surface area (Å²) in [5.74, 6) is 2.02. The molecule has 0 aromatic heterocycles. The van der Waals surface area contributed by atoms with Gasteiger partial charge in [0.15, 0.2) is 0 Å². The molecule has 1 fully saturated rings. The molecule has 0 amide bonds. The van der Waals surface area contributed by atoms with Crippen LogP contribution in [0.25, 0.3) is 0 Å². The van der Waals surface area contributed by atoms with Crippen molar-refractivity contribution in [1.29, 1.82) is 5.26 Å². The van der Waals surface area contributed by atoms with Gasteiger partial charge in [0, 0.05) is 16.3 Å². The average molecular weight is 232 g/mol. The zero-order valence-electron chi connectivity index (χ0n) is 9.28. The third kappa shape index (κ3) is 2.70. The molecule has 16 heavy (non-hydrogen) atoms. The Kier molecular flexibility index (Phi) is 3.74. The van der Waals surface area contributed by atoms with Crippen molar-refractivity contribution in [1.82, 2.24) is 0 Å². The molecule has 1 aromatic rings. The normalized spacial score (nSPS) is 16.2. The molecule has 84 valence electrons. The van der Waals surface area contributed by atoms with Crippen LogP contribution in [-0.4, -0.2) is 5.75 Å². The Labute approximate surface area is 101 Å². The summed E-state index contributed by atoms with van der Waals surface area (Å²) in [4.78, 5) is 1.12. The fourth-order valence-corrected chi connectivity index (χ4v) is 3.27. The third-order valence-electron chi connectivity index (χ3n) is 3.09. The highest BCUT2D eigenvalue weighted by molar-refractivity contribution is 7.99. The Morgan fingerprint density at radius 1 is 1.38 bits per heavy atom. The Balaban J connectivity index is 1.96. The van der Waals surface area contributed by atoms with Crippen LogP contribution in [0.4, 0.5) is 5.69 Å². The first-order chi connectivity index (χ1) is 7.79. The molecule has 0 heterocycles. The van der Waals surface area contributed by atoms with Crippen LogP contribution < -0.4 is 5.73 Å². The van der Waals surface area contributed by atoms with Crippen LogP contribution in [-0.2, 0) is 0 Å². The van der Waals surface area contributed by atoms with Crippen molar-refractivity contribution < 1.29 is 0 Å². The Hall–Kier alpha value is -1.14. The van der Waals surface area contributed by atoms with Crippen LogP contribution in [0.2, 0.25) is 0 Å². The molecule has 2 rings (SSSR count). The number of hydrogen-bond donors (Lipinski definition) is 1. The molecule has 1 saturated carbocycles. The number of nitrogen functional groups attached to an aromatic ring is 1. The number of nitriles is 1. The van der Waals surface area contributed by atoms with Crippen molar-refractivity contribution in [2.24, 2.45) is 5.92 Å². The Morgan fingerprint density at radius 3 is 2.75 bits per heavy atom. The first-order valence-corrected chi connectivity index (χ1v) is 6.70. The molecule has 0 unspecified atom stereocenters. The fourth-order valence-electron chi connectivity index (χ4n) is 2.13. The first kappa shape index (κ1) is 11.3. The SMILES string of the molecule is N#Cc1ccc(SCC2CCCC2)c(N)c1. The maximum atomic E-state index is 8.74. The van der Waals surface area contributed by atoms with E-state index in [0.717, 1.165) is 22.3 Å². The summed E-state index contributed by atoms with van der Waals surface area (Å²) in [5.41, 5.74) is 7.29. The molecule has 1 aromatic carbocycles. The van der Waals surface area contributed by atoms with Gasteiger partial charge in [-0.2, -0.15) is 5.26 Å². The van der Waals surface area contributed by atoms with Gasteiger partial charge in [-0.1, -0.05) is 12.8 Å². The quantitative estimate of drug-likeness (QED) is 0.641. The molecule has 0 bridgehead atoms. The lowest BCUT2D eigenvalue weighted by molar-refractivity contribution is 0.623. The Morgan fingerprint density at radius 2 is 2.12 bits per heavy atom. The van der Waals surface area contributed by atoms with Crippen LogP contribution in [0.5, 0.6) is 0 Å². The number of rotatable bonds is 3. The molecule has 0 radical (unpaired) electrons. The van der Waals surface area contributed by atoms with Gasteiger partial charge >= 0.3 is 0 Å². The maximum absolute atomic E-state index is 8.74. The van der Waals surface area contributed by atoms with Crippen molar-refractivity contribution in [3.05, 3.63) is 23.8 Å². The van der Waals surface area contributed by atoms with Crippen molar-refractivity contribution in [3.63, 3.8) is 0 Å². The summed E-state index contributed by atoms with van der Waals surface area (Å²) in [7, 11) is 0. The summed E-state index contributed by atoms with van der Waals surface area (Å²) < 4.78 is 0. The number of benzene rings is 1. The smallest absolute Gasteiger partial charge is 0.0992 e. The molecule has 2 nitrogen and oxygen atoms in total. The van der Waals surface area contributed by atoms with Gasteiger partial charge in [-0.25, -0.2) is 0 Å². The summed E-state index contributed by atoms with van der Waals surface area (Å²) in [6, 6.07) is 7.67. The highest BCUT2D eigenvalue weighted by Crippen LogP contribution is 2.33. The van der Waals surface area contributed by atoms with Gasteiger partial charge in [-0.15, -0.1) is 11.8 Å². The molecule has 1 aliphatic carbocycles. The second kappa shape index (κ2) is 5.27. The average Bonchev–Trinajstić information content (AvgIpc) is 2.80. The van der Waals surface area contributed by atoms with E-state index < -0.39 is 0 Å². The van der Waals surface area contributed by atoms with Crippen molar-refractivity contribution in [3.8, 4) is 6.07 Å². The van der Waals surface area contributed by atoms with E-state index in [0.29, 0.717) is 5.56 Å². The molecule has 0 saturated heterocycles. The van der Waals surface area contributed by atoms with Crippen molar-refractivity contribution >= 4 is 17.4 Å². The summed E-state index contributed by atoms with van der Waals surface area (Å²) in [5, 5.41) is 8.74. The van der Waals surface area contributed by atoms with Gasteiger partial charge in [0.1, 0.15) is 0 Å². The van der Waals surface area contributed by atoms with E-state index in [1.165, 1.54) is 25.7 Å². The largest absolute Gasteiger partial charge is 0.398 e. The van der Waals surface area contributed by atoms with Gasteiger partial charge < -0.3 is 5.73 Å². The highest BCUT2D eigenvalue weighted by atomic mass is 32.2. The predicted molar refractivity (Wildman–Crippen MR) is 68.3 cm³/mol. The van der Waals surface area contributed by atoms with E-state index in [-0.39, 0.29) is 0 Å². The minimum Gasteiger partial charge on any atom is -0.398 e. The summed E-state index contributed by atoms with van der Waals surface area (Å²) in [6.07, 6.45) is 5.49. The molecule has 0 spiro atoms. The highest BCUT2D eigenvalue weighted by Gasteiger charge is 2.15. The van der Waals surface area contributed by atoms with E-state index in [2.05, 4.69) is 6.07 Å². The molecule has 0 atom stereocenters. The first-order valence-electron chi connectivity index (χ1n) is 5.72. The maximum Gasteiger partial charge on any atom is 0.0992 e. The minimum atomic E-state index is 0.641. The van der Waals surface area contributed by atoms with Crippen LogP contribution in [0, 0.1) is 17.2 Å². The third-order valence-corrected chi connectivity index (χ3v) is 4.41. The lowest BCUT2D eigenvalue weighted by atomic mass is 10.1. The van der Waals surface area contributed by atoms with Gasteiger partial charge in [0.2, 0.25) is 0 Å². The summed E-state index contributed by atoms with van der Waals surface area (Å²) >= 11 is 1.83.